The first kappa shape index (κ1) is 29.7. The maximum atomic E-state index is 13.0. The molecule has 2 aromatic heterocycles. The number of nitrogens with one attached hydrogen (secondary N) is 1. The molecule has 0 radical (unpaired) electrons. The van der Waals surface area contributed by atoms with Gasteiger partial charge in [-0.2, -0.15) is 8.42 Å². The van der Waals surface area contributed by atoms with Gasteiger partial charge in [0, 0.05) is 22.4 Å². The van der Waals surface area contributed by atoms with Crippen molar-refractivity contribution in [2.45, 2.75) is 11.8 Å². The van der Waals surface area contributed by atoms with Gasteiger partial charge >= 0.3 is 5.97 Å². The predicted octanol–water partition coefficient (Wildman–Crippen LogP) is 7.99. The first-order chi connectivity index (χ1) is 22.1. The zero-order valence-corrected chi connectivity index (χ0v) is 26.7. The lowest BCUT2D eigenvalue weighted by Crippen LogP contribution is -2.11. The van der Waals surface area contributed by atoms with Crippen LogP contribution in [0.4, 0.5) is 5.69 Å². The van der Waals surface area contributed by atoms with E-state index in [9.17, 15) is 22.6 Å². The fraction of sp³-hybridized carbons (Fsp3) is 0.0588. The Balaban J connectivity index is 1.10. The van der Waals surface area contributed by atoms with Gasteiger partial charge in [-0.05, 0) is 96.1 Å². The van der Waals surface area contributed by atoms with E-state index in [0.29, 0.717) is 37.6 Å². The Hall–Kier alpha value is -5.01. The summed E-state index contributed by atoms with van der Waals surface area (Å²) in [5, 5.41) is 6.03. The molecular formula is C34H23N3O6S3. The quantitative estimate of drug-likeness (QED) is 0.135. The molecule has 0 fully saturated rings. The van der Waals surface area contributed by atoms with Crippen LogP contribution in [0, 0.1) is 6.92 Å². The maximum Gasteiger partial charge on any atom is 0.337 e. The number of benzene rings is 5. The number of ether oxygens (including phenoxy) is 1. The molecule has 12 heteroatoms. The first-order valence-electron chi connectivity index (χ1n) is 13.9. The summed E-state index contributed by atoms with van der Waals surface area (Å²) in [6, 6.07) is 27.1. The van der Waals surface area contributed by atoms with E-state index < -0.39 is 16.1 Å². The minimum atomic E-state index is -4.40. The topological polar surface area (TPSA) is 136 Å². The first-order valence-corrected chi connectivity index (χ1v) is 17.0. The van der Waals surface area contributed by atoms with E-state index in [1.165, 1.54) is 29.8 Å². The lowest BCUT2D eigenvalue weighted by Gasteiger charge is -2.08. The Bertz CT molecular complexity index is 2470. The molecule has 5 aromatic carbocycles. The van der Waals surface area contributed by atoms with Crippen LogP contribution in [0.25, 0.3) is 52.3 Å². The molecule has 7 rings (SSSR count). The molecule has 0 bridgehead atoms. The summed E-state index contributed by atoms with van der Waals surface area (Å²) in [5.74, 6) is -0.672. The van der Waals surface area contributed by atoms with E-state index in [1.807, 2.05) is 42.5 Å². The second kappa shape index (κ2) is 11.4. The average Bonchev–Trinajstić information content (AvgIpc) is 3.67. The molecule has 0 aliphatic heterocycles. The van der Waals surface area contributed by atoms with Crippen molar-refractivity contribution in [2.24, 2.45) is 0 Å². The molecule has 0 saturated carbocycles. The van der Waals surface area contributed by atoms with Crippen LogP contribution in [0.15, 0.2) is 95.9 Å². The zero-order valence-electron chi connectivity index (χ0n) is 24.3. The summed E-state index contributed by atoms with van der Waals surface area (Å²) in [7, 11) is -3.07. The number of amides is 1. The van der Waals surface area contributed by atoms with Crippen molar-refractivity contribution in [2.75, 3.05) is 12.4 Å². The summed E-state index contributed by atoms with van der Waals surface area (Å²) < 4.78 is 40.0. The number of anilines is 1. The van der Waals surface area contributed by atoms with Crippen LogP contribution in [0.5, 0.6) is 0 Å². The molecule has 0 aliphatic carbocycles. The van der Waals surface area contributed by atoms with Crippen molar-refractivity contribution < 1.29 is 27.3 Å². The van der Waals surface area contributed by atoms with Crippen LogP contribution in [-0.2, 0) is 14.9 Å². The largest absolute Gasteiger partial charge is 0.465 e. The predicted molar refractivity (Wildman–Crippen MR) is 181 cm³/mol. The fourth-order valence-corrected chi connectivity index (χ4v) is 8.54. The minimum absolute atomic E-state index is 0.109. The molecule has 7 aromatic rings. The van der Waals surface area contributed by atoms with Gasteiger partial charge in [-0.3, -0.25) is 9.35 Å². The van der Waals surface area contributed by atoms with Gasteiger partial charge in [0.05, 0.1) is 33.1 Å². The SMILES string of the molecule is COC(=O)c1ccc2cc(C(=O)Nc3ccc(-c4nc5ccc(-c6nc7ccc(C)c(S(=O)(=O)O)c7s6)cc5s4)cc3)ccc2c1. The second-order valence-electron chi connectivity index (χ2n) is 10.6. The number of aryl methyl sites for hydroxylation is 1. The highest BCUT2D eigenvalue weighted by atomic mass is 32.2. The molecule has 2 heterocycles. The number of thiazole rings is 2. The van der Waals surface area contributed by atoms with E-state index >= 15 is 0 Å². The molecule has 46 heavy (non-hydrogen) atoms. The van der Waals surface area contributed by atoms with E-state index in [2.05, 4.69) is 10.3 Å². The average molecular weight is 666 g/mol. The minimum Gasteiger partial charge on any atom is -0.465 e. The van der Waals surface area contributed by atoms with E-state index in [-0.39, 0.29) is 10.8 Å². The van der Waals surface area contributed by atoms with Gasteiger partial charge in [0.25, 0.3) is 16.0 Å². The van der Waals surface area contributed by atoms with Gasteiger partial charge in [0.1, 0.15) is 14.9 Å². The Kier molecular flexibility index (Phi) is 7.36. The summed E-state index contributed by atoms with van der Waals surface area (Å²) in [4.78, 5) is 34.1. The molecule has 0 spiro atoms. The Morgan fingerprint density at radius 3 is 2.11 bits per heavy atom. The van der Waals surface area contributed by atoms with Crippen LogP contribution in [0.3, 0.4) is 0 Å². The fourth-order valence-electron chi connectivity index (χ4n) is 5.22. The van der Waals surface area contributed by atoms with Crippen molar-refractivity contribution in [3.63, 3.8) is 0 Å². The summed E-state index contributed by atoms with van der Waals surface area (Å²) in [6.45, 7) is 1.64. The van der Waals surface area contributed by atoms with Crippen LogP contribution in [0.1, 0.15) is 26.3 Å². The molecule has 1 amide bonds. The van der Waals surface area contributed by atoms with Crippen molar-refractivity contribution in [3.05, 3.63) is 108 Å². The number of nitrogens with zero attached hydrogens (tertiary/aromatic N) is 2. The number of methoxy groups -OCH3 is 1. The van der Waals surface area contributed by atoms with Crippen LogP contribution < -0.4 is 5.32 Å². The molecule has 0 unspecified atom stereocenters. The highest BCUT2D eigenvalue weighted by Crippen LogP contribution is 2.38. The van der Waals surface area contributed by atoms with Gasteiger partial charge in [-0.1, -0.05) is 18.2 Å². The third-order valence-electron chi connectivity index (χ3n) is 7.52. The van der Waals surface area contributed by atoms with Crippen molar-refractivity contribution in [1.29, 1.82) is 0 Å². The maximum absolute atomic E-state index is 13.0. The van der Waals surface area contributed by atoms with Crippen LogP contribution in [-0.4, -0.2) is 41.9 Å². The second-order valence-corrected chi connectivity index (χ2v) is 13.9. The lowest BCUT2D eigenvalue weighted by atomic mass is 10.0. The van der Waals surface area contributed by atoms with E-state index in [1.54, 1.807) is 55.5 Å². The van der Waals surface area contributed by atoms with Crippen LogP contribution >= 0.6 is 22.7 Å². The van der Waals surface area contributed by atoms with Gasteiger partial charge in [0.15, 0.2) is 0 Å². The third kappa shape index (κ3) is 5.52. The van der Waals surface area contributed by atoms with E-state index in [4.69, 9.17) is 9.72 Å². The Labute approximate surface area is 270 Å². The van der Waals surface area contributed by atoms with E-state index in [0.717, 1.165) is 37.1 Å². The number of carbonyl (C=O) groups is 2. The number of hydrogen-bond acceptors (Lipinski definition) is 9. The Morgan fingerprint density at radius 1 is 0.761 bits per heavy atom. The number of fused-ring (bicyclic) bond motifs is 3. The Morgan fingerprint density at radius 2 is 1.39 bits per heavy atom. The normalized spacial score (nSPS) is 11.7. The highest BCUT2D eigenvalue weighted by Gasteiger charge is 2.21. The van der Waals surface area contributed by atoms with Gasteiger partial charge < -0.3 is 10.1 Å². The third-order valence-corrected chi connectivity index (χ3v) is 10.9. The van der Waals surface area contributed by atoms with Crippen molar-refractivity contribution in [1.82, 2.24) is 9.97 Å². The zero-order chi connectivity index (χ0) is 32.2. The van der Waals surface area contributed by atoms with Crippen molar-refractivity contribution in [3.8, 4) is 21.1 Å². The molecule has 2 N–H and O–H groups in total. The molecular weight excluding hydrogens is 643 g/mol. The number of aromatic nitrogens is 2. The monoisotopic (exact) mass is 665 g/mol. The molecule has 228 valence electrons. The standard InChI is InChI=1S/C34H23N3O6S3/c1-18-3-13-27-29(30(18)46(40,41)42)45-33(37-27)23-10-14-26-28(17-23)44-32(36-26)19-8-11-25(12-9-19)35-31(38)22-6-4-21-16-24(34(39)43-2)7-5-20(21)15-22/h3-17H,1-2H3,(H,35,38)(H,40,41,42). The van der Waals surface area contributed by atoms with Crippen molar-refractivity contribution >= 4 is 81.6 Å². The molecule has 0 saturated heterocycles. The summed E-state index contributed by atoms with van der Waals surface area (Å²) >= 11 is 2.73. The van der Waals surface area contributed by atoms with Gasteiger partial charge in [0.2, 0.25) is 0 Å². The van der Waals surface area contributed by atoms with Gasteiger partial charge in [-0.15, -0.1) is 22.7 Å². The molecule has 9 nitrogen and oxygen atoms in total. The number of carbonyl (C=O) groups excluding carboxylic acids is 2. The molecule has 0 aliphatic rings. The summed E-state index contributed by atoms with van der Waals surface area (Å²) in [5.41, 5.74) is 5.05. The lowest BCUT2D eigenvalue weighted by molar-refractivity contribution is 0.0600. The molecule has 0 atom stereocenters. The van der Waals surface area contributed by atoms with Crippen LogP contribution in [0.2, 0.25) is 0 Å². The summed E-state index contributed by atoms with van der Waals surface area (Å²) in [6.07, 6.45) is 0. The smallest absolute Gasteiger partial charge is 0.337 e. The number of esters is 1. The number of rotatable bonds is 6. The number of hydrogen-bond donors (Lipinski definition) is 2. The highest BCUT2D eigenvalue weighted by molar-refractivity contribution is 7.86. The van der Waals surface area contributed by atoms with Gasteiger partial charge in [-0.25, -0.2) is 14.8 Å².